The fourth-order valence-electron chi connectivity index (χ4n) is 4.33. The predicted molar refractivity (Wildman–Crippen MR) is 120 cm³/mol. The van der Waals surface area contributed by atoms with Gasteiger partial charge in [-0.2, -0.15) is 0 Å². The molecule has 0 bridgehead atoms. The van der Waals surface area contributed by atoms with Crippen LogP contribution < -0.4 is 0 Å². The lowest BCUT2D eigenvalue weighted by Gasteiger charge is -2.17. The summed E-state index contributed by atoms with van der Waals surface area (Å²) in [6.45, 7) is 1.42. The topological polar surface area (TPSA) is 55.2 Å². The smallest absolute Gasteiger partial charge is 0.223 e. The number of benzene rings is 3. The normalized spacial score (nSPS) is 16.2. The van der Waals surface area contributed by atoms with E-state index in [1.807, 2.05) is 94.4 Å². The molecule has 2 heterocycles. The van der Waals surface area contributed by atoms with E-state index < -0.39 is 0 Å². The number of Topliss-reactive ketones (excluding diaryl/α,β-unsaturated/α-hetero) is 1. The lowest BCUT2D eigenvalue weighted by atomic mass is 10.1. The number of hydrogen-bond acceptors (Lipinski definition) is 3. The van der Waals surface area contributed by atoms with E-state index in [9.17, 15) is 9.59 Å². The quantitative estimate of drug-likeness (QED) is 0.443. The van der Waals surface area contributed by atoms with Gasteiger partial charge in [-0.15, -0.1) is 0 Å². The van der Waals surface area contributed by atoms with Crippen LogP contribution in [0.15, 0.2) is 84.9 Å². The number of aromatic nitrogens is 2. The molecule has 0 spiro atoms. The van der Waals surface area contributed by atoms with Crippen LogP contribution in [0.25, 0.3) is 11.0 Å². The maximum Gasteiger partial charge on any atom is 0.223 e. The van der Waals surface area contributed by atoms with Gasteiger partial charge in [0.2, 0.25) is 5.91 Å². The Morgan fingerprint density at radius 1 is 0.903 bits per heavy atom. The first-order valence-corrected chi connectivity index (χ1v) is 10.5. The highest BCUT2D eigenvalue weighted by Gasteiger charge is 2.34. The van der Waals surface area contributed by atoms with Crippen LogP contribution in [0.3, 0.4) is 0 Å². The molecule has 1 aliphatic heterocycles. The third kappa shape index (κ3) is 3.87. The first-order chi connectivity index (χ1) is 15.2. The van der Waals surface area contributed by atoms with Crippen molar-refractivity contribution >= 4 is 22.7 Å². The SMILES string of the molecule is O=C(Cn1c(C2CC(=O)N(Cc3ccccc3)C2)nc2ccccc21)c1ccccc1. The van der Waals surface area contributed by atoms with Crippen LogP contribution in [0, 0.1) is 0 Å². The van der Waals surface area contributed by atoms with Gasteiger partial charge in [0, 0.05) is 31.0 Å². The van der Waals surface area contributed by atoms with Crippen LogP contribution in [0.5, 0.6) is 0 Å². The molecular formula is C26H23N3O2. The molecule has 1 saturated heterocycles. The first kappa shape index (κ1) is 19.2. The van der Waals surface area contributed by atoms with E-state index in [-0.39, 0.29) is 24.2 Å². The molecule has 5 heteroatoms. The fourth-order valence-corrected chi connectivity index (χ4v) is 4.33. The van der Waals surface area contributed by atoms with E-state index >= 15 is 0 Å². The number of para-hydroxylation sites is 2. The molecule has 0 aliphatic carbocycles. The van der Waals surface area contributed by atoms with Gasteiger partial charge >= 0.3 is 0 Å². The number of nitrogens with zero attached hydrogens (tertiary/aromatic N) is 3. The highest BCUT2D eigenvalue weighted by atomic mass is 16.2. The molecular weight excluding hydrogens is 386 g/mol. The average Bonchev–Trinajstić information content (AvgIpc) is 3.35. The van der Waals surface area contributed by atoms with Crippen LogP contribution >= 0.6 is 0 Å². The summed E-state index contributed by atoms with van der Waals surface area (Å²) in [4.78, 5) is 32.5. The Bertz CT molecular complexity index is 1230. The molecule has 1 fully saturated rings. The maximum absolute atomic E-state index is 13.0. The number of fused-ring (bicyclic) bond motifs is 1. The standard InChI is InChI=1S/C26H23N3O2/c30-24(20-11-5-2-6-12-20)18-29-23-14-8-7-13-22(23)27-26(29)21-15-25(31)28(17-21)16-19-9-3-1-4-10-19/h1-14,21H,15-18H2. The minimum absolute atomic E-state index is 0.0350. The van der Waals surface area contributed by atoms with Crippen LogP contribution in [0.1, 0.15) is 34.1 Å². The Kier molecular flexibility index (Phi) is 5.08. The van der Waals surface area contributed by atoms with Crippen LogP contribution in [0.2, 0.25) is 0 Å². The van der Waals surface area contributed by atoms with E-state index in [1.165, 1.54) is 0 Å². The van der Waals surface area contributed by atoms with Gasteiger partial charge in [-0.05, 0) is 17.7 Å². The second kappa shape index (κ2) is 8.19. The molecule has 0 N–H and O–H groups in total. The number of carbonyl (C=O) groups excluding carboxylic acids is 2. The molecule has 5 rings (SSSR count). The van der Waals surface area contributed by atoms with Crippen molar-refractivity contribution in [3.8, 4) is 0 Å². The summed E-state index contributed by atoms with van der Waals surface area (Å²) in [5, 5.41) is 0. The summed E-state index contributed by atoms with van der Waals surface area (Å²) in [7, 11) is 0. The second-order valence-electron chi connectivity index (χ2n) is 7.99. The van der Waals surface area contributed by atoms with E-state index in [1.54, 1.807) is 0 Å². The summed E-state index contributed by atoms with van der Waals surface area (Å²) >= 11 is 0. The molecule has 3 aromatic carbocycles. The summed E-state index contributed by atoms with van der Waals surface area (Å²) < 4.78 is 1.99. The number of rotatable bonds is 6. The summed E-state index contributed by atoms with van der Waals surface area (Å²) in [5.41, 5.74) is 3.58. The van der Waals surface area contributed by atoms with Gasteiger partial charge in [0.05, 0.1) is 17.6 Å². The Hall–Kier alpha value is -3.73. The zero-order valence-electron chi connectivity index (χ0n) is 17.1. The van der Waals surface area contributed by atoms with E-state index in [2.05, 4.69) is 0 Å². The Balaban J connectivity index is 1.45. The van der Waals surface area contributed by atoms with Crippen molar-refractivity contribution in [1.82, 2.24) is 14.5 Å². The molecule has 0 saturated carbocycles. The number of amides is 1. The molecule has 154 valence electrons. The summed E-state index contributed by atoms with van der Waals surface area (Å²) in [6, 6.07) is 27.2. The molecule has 0 radical (unpaired) electrons. The lowest BCUT2D eigenvalue weighted by Crippen LogP contribution is -2.24. The number of hydrogen-bond donors (Lipinski definition) is 0. The maximum atomic E-state index is 13.0. The van der Waals surface area contributed by atoms with Crippen molar-refractivity contribution in [3.05, 3.63) is 102 Å². The zero-order chi connectivity index (χ0) is 21.2. The van der Waals surface area contributed by atoms with Gasteiger partial charge in [0.15, 0.2) is 5.78 Å². The second-order valence-corrected chi connectivity index (χ2v) is 7.99. The Morgan fingerprint density at radius 3 is 2.35 bits per heavy atom. The molecule has 31 heavy (non-hydrogen) atoms. The monoisotopic (exact) mass is 409 g/mol. The van der Waals surface area contributed by atoms with Crippen molar-refractivity contribution in [2.45, 2.75) is 25.4 Å². The minimum Gasteiger partial charge on any atom is -0.338 e. The largest absolute Gasteiger partial charge is 0.338 e. The van der Waals surface area contributed by atoms with Gasteiger partial charge in [-0.3, -0.25) is 9.59 Å². The molecule has 1 aromatic heterocycles. The van der Waals surface area contributed by atoms with Crippen molar-refractivity contribution in [2.75, 3.05) is 6.54 Å². The summed E-state index contributed by atoms with van der Waals surface area (Å²) in [5.74, 6) is 0.943. The Labute approximate surface area is 180 Å². The lowest BCUT2D eigenvalue weighted by molar-refractivity contribution is -0.128. The highest BCUT2D eigenvalue weighted by molar-refractivity contribution is 5.96. The van der Waals surface area contributed by atoms with Crippen LogP contribution in [-0.2, 0) is 17.9 Å². The van der Waals surface area contributed by atoms with E-state index in [0.717, 1.165) is 22.4 Å². The van der Waals surface area contributed by atoms with Gasteiger partial charge in [-0.1, -0.05) is 72.8 Å². The van der Waals surface area contributed by atoms with Crippen LogP contribution in [-0.4, -0.2) is 32.7 Å². The molecule has 1 aliphatic rings. The number of likely N-dealkylation sites (tertiary alicyclic amines) is 1. The first-order valence-electron chi connectivity index (χ1n) is 10.5. The summed E-state index contributed by atoms with van der Waals surface area (Å²) in [6.07, 6.45) is 0.412. The Morgan fingerprint density at radius 2 is 1.58 bits per heavy atom. The number of carbonyl (C=O) groups is 2. The van der Waals surface area contributed by atoms with Crippen molar-refractivity contribution < 1.29 is 9.59 Å². The predicted octanol–water partition coefficient (Wildman–Crippen LogP) is 4.44. The average molecular weight is 409 g/mol. The van der Waals surface area contributed by atoms with Crippen molar-refractivity contribution in [1.29, 1.82) is 0 Å². The number of ketones is 1. The minimum atomic E-state index is -0.0350. The van der Waals surface area contributed by atoms with Gasteiger partial charge in [0.25, 0.3) is 0 Å². The van der Waals surface area contributed by atoms with E-state index in [4.69, 9.17) is 4.98 Å². The van der Waals surface area contributed by atoms with Crippen LogP contribution in [0.4, 0.5) is 0 Å². The number of imidazole rings is 1. The third-order valence-electron chi connectivity index (χ3n) is 5.88. The van der Waals surface area contributed by atoms with E-state index in [0.29, 0.717) is 25.1 Å². The van der Waals surface area contributed by atoms with Gasteiger partial charge < -0.3 is 9.47 Å². The molecule has 4 aromatic rings. The zero-order valence-corrected chi connectivity index (χ0v) is 17.1. The molecule has 1 atom stereocenters. The molecule has 5 nitrogen and oxygen atoms in total. The molecule has 1 unspecified atom stereocenters. The fraction of sp³-hybridized carbons (Fsp3) is 0.192. The van der Waals surface area contributed by atoms with Crippen molar-refractivity contribution in [2.24, 2.45) is 0 Å². The molecule has 1 amide bonds. The van der Waals surface area contributed by atoms with Crippen molar-refractivity contribution in [3.63, 3.8) is 0 Å². The highest BCUT2D eigenvalue weighted by Crippen LogP contribution is 2.31. The third-order valence-corrected chi connectivity index (χ3v) is 5.88. The van der Waals surface area contributed by atoms with Gasteiger partial charge in [0.1, 0.15) is 5.82 Å². The van der Waals surface area contributed by atoms with Gasteiger partial charge in [-0.25, -0.2) is 4.98 Å².